The molecule has 1 amide bonds. The monoisotopic (exact) mass is 373 g/mol. The Hall–Kier alpha value is -2.67. The van der Waals surface area contributed by atoms with Crippen LogP contribution in [0.3, 0.4) is 0 Å². The van der Waals surface area contributed by atoms with Crippen LogP contribution in [0.2, 0.25) is 0 Å². The smallest absolute Gasteiger partial charge is 0.264 e. The minimum absolute atomic E-state index is 0.0471. The molecule has 1 aromatic carbocycles. The number of carbonyl (C=O) groups excluding carboxylic acids is 1. The summed E-state index contributed by atoms with van der Waals surface area (Å²) >= 11 is 1.39. The molecule has 7 heteroatoms. The Morgan fingerprint density at radius 1 is 1.31 bits per heavy atom. The number of carbonyl (C=O) groups is 1. The minimum atomic E-state index is -0.299. The molecule has 0 saturated heterocycles. The molecule has 136 valence electrons. The number of thiophene rings is 1. The highest BCUT2D eigenvalue weighted by Gasteiger charge is 2.15. The van der Waals surface area contributed by atoms with Gasteiger partial charge < -0.3 is 9.64 Å². The summed E-state index contributed by atoms with van der Waals surface area (Å²) in [7, 11) is 1.77. The molecule has 2 heterocycles. The fraction of sp³-hybridized carbons (Fsp3) is 0.263. The molecule has 0 radical (unpaired) electrons. The van der Waals surface area contributed by atoms with Crippen molar-refractivity contribution in [3.05, 3.63) is 69.9 Å². The van der Waals surface area contributed by atoms with Gasteiger partial charge in [-0.15, -0.1) is 11.3 Å². The highest BCUT2D eigenvalue weighted by molar-refractivity contribution is 7.12. The van der Waals surface area contributed by atoms with E-state index < -0.39 is 0 Å². The Morgan fingerprint density at radius 2 is 2.08 bits per heavy atom. The molecule has 0 fully saturated rings. The lowest BCUT2D eigenvalue weighted by molar-refractivity contribution is 0.0788. The second-order valence-corrected chi connectivity index (χ2v) is 6.80. The Labute approximate surface area is 155 Å². The Balaban J connectivity index is 1.57. The maximum atomic E-state index is 12.9. The van der Waals surface area contributed by atoms with Crippen LogP contribution in [0.15, 0.2) is 48.0 Å². The number of aromatic nitrogens is 2. The molecule has 0 atom stereocenters. The van der Waals surface area contributed by atoms with Gasteiger partial charge in [-0.2, -0.15) is 5.10 Å². The van der Waals surface area contributed by atoms with E-state index in [4.69, 9.17) is 4.74 Å². The lowest BCUT2D eigenvalue weighted by Gasteiger charge is -2.14. The number of benzene rings is 1. The van der Waals surface area contributed by atoms with Crippen LogP contribution in [0, 0.1) is 5.82 Å². The summed E-state index contributed by atoms with van der Waals surface area (Å²) < 4.78 is 20.3. The van der Waals surface area contributed by atoms with E-state index in [9.17, 15) is 9.18 Å². The predicted molar refractivity (Wildman–Crippen MR) is 98.7 cm³/mol. The number of rotatable bonds is 7. The Bertz CT molecular complexity index is 873. The minimum Gasteiger partial charge on any atom is -0.489 e. The molecule has 0 aliphatic heterocycles. The predicted octanol–water partition coefficient (Wildman–Crippen LogP) is 3.95. The van der Waals surface area contributed by atoms with Crippen LogP contribution in [0.25, 0.3) is 0 Å². The molecule has 0 aliphatic carbocycles. The first kappa shape index (κ1) is 18.1. The Kier molecular flexibility index (Phi) is 5.68. The fourth-order valence-electron chi connectivity index (χ4n) is 2.43. The van der Waals surface area contributed by atoms with Crippen LogP contribution in [-0.2, 0) is 19.7 Å². The molecule has 0 N–H and O–H groups in total. The quantitative estimate of drug-likeness (QED) is 0.630. The van der Waals surface area contributed by atoms with Crippen molar-refractivity contribution in [1.29, 1.82) is 0 Å². The number of hydrogen-bond donors (Lipinski definition) is 0. The van der Waals surface area contributed by atoms with Gasteiger partial charge in [-0.25, -0.2) is 4.39 Å². The van der Waals surface area contributed by atoms with Crippen molar-refractivity contribution in [2.24, 2.45) is 0 Å². The summed E-state index contributed by atoms with van der Waals surface area (Å²) in [5.74, 6) is 0.246. The molecule has 0 aliphatic rings. The molecule has 3 rings (SSSR count). The zero-order chi connectivity index (χ0) is 18.5. The molecule has 5 nitrogen and oxygen atoms in total. The zero-order valence-electron chi connectivity index (χ0n) is 14.7. The highest BCUT2D eigenvalue weighted by Crippen LogP contribution is 2.20. The first-order valence-electron chi connectivity index (χ1n) is 8.28. The van der Waals surface area contributed by atoms with Crippen molar-refractivity contribution in [2.75, 3.05) is 7.05 Å². The van der Waals surface area contributed by atoms with Crippen molar-refractivity contribution < 1.29 is 13.9 Å². The van der Waals surface area contributed by atoms with Crippen molar-refractivity contribution in [3.8, 4) is 5.75 Å². The van der Waals surface area contributed by atoms with Gasteiger partial charge in [-0.1, -0.05) is 0 Å². The summed E-state index contributed by atoms with van der Waals surface area (Å²) in [6.45, 7) is 3.62. The first-order valence-corrected chi connectivity index (χ1v) is 9.16. The van der Waals surface area contributed by atoms with E-state index in [0.717, 1.165) is 17.8 Å². The van der Waals surface area contributed by atoms with Crippen LogP contribution in [0.4, 0.5) is 4.39 Å². The van der Waals surface area contributed by atoms with E-state index in [-0.39, 0.29) is 11.7 Å². The normalized spacial score (nSPS) is 10.7. The average Bonchev–Trinajstić information content (AvgIpc) is 3.30. The topological polar surface area (TPSA) is 47.4 Å². The third kappa shape index (κ3) is 4.49. The molecule has 26 heavy (non-hydrogen) atoms. The molecular weight excluding hydrogens is 353 g/mol. The summed E-state index contributed by atoms with van der Waals surface area (Å²) in [6.07, 6.45) is 1.91. The summed E-state index contributed by atoms with van der Waals surface area (Å²) in [5.41, 5.74) is 1.77. The summed E-state index contributed by atoms with van der Waals surface area (Å²) in [6, 6.07) is 9.62. The number of aryl methyl sites for hydroxylation is 1. The van der Waals surface area contributed by atoms with E-state index in [1.807, 2.05) is 35.3 Å². The number of ether oxygens (including phenoxy) is 1. The van der Waals surface area contributed by atoms with Crippen LogP contribution in [-0.4, -0.2) is 27.6 Å². The lowest BCUT2D eigenvalue weighted by Crippen LogP contribution is -2.25. The van der Waals surface area contributed by atoms with Crippen LogP contribution in [0.1, 0.15) is 27.9 Å². The molecule has 0 spiro atoms. The molecule has 0 bridgehead atoms. The molecule has 0 saturated carbocycles. The molecular formula is C19H20FN3O2S. The van der Waals surface area contributed by atoms with Crippen LogP contribution >= 0.6 is 11.3 Å². The van der Waals surface area contributed by atoms with Gasteiger partial charge in [0.05, 0.1) is 17.1 Å². The van der Waals surface area contributed by atoms with E-state index in [0.29, 0.717) is 23.8 Å². The lowest BCUT2D eigenvalue weighted by atomic mass is 10.3. The second kappa shape index (κ2) is 8.14. The summed E-state index contributed by atoms with van der Waals surface area (Å²) in [5, 5.41) is 6.30. The first-order chi connectivity index (χ1) is 12.5. The van der Waals surface area contributed by atoms with Gasteiger partial charge in [0.2, 0.25) is 0 Å². The van der Waals surface area contributed by atoms with E-state index in [1.165, 1.54) is 23.5 Å². The van der Waals surface area contributed by atoms with Crippen molar-refractivity contribution in [3.63, 3.8) is 0 Å². The van der Waals surface area contributed by atoms with Crippen molar-refractivity contribution in [2.45, 2.75) is 26.6 Å². The Morgan fingerprint density at radius 3 is 2.77 bits per heavy atom. The summed E-state index contributed by atoms with van der Waals surface area (Å²) in [4.78, 5) is 14.9. The largest absolute Gasteiger partial charge is 0.489 e. The third-order valence-electron chi connectivity index (χ3n) is 3.85. The van der Waals surface area contributed by atoms with Gasteiger partial charge in [-0.3, -0.25) is 9.48 Å². The number of amides is 1. The second-order valence-electron chi connectivity index (χ2n) is 5.89. The molecule has 3 aromatic rings. The number of hydrogen-bond acceptors (Lipinski definition) is 4. The molecule has 0 unspecified atom stereocenters. The fourth-order valence-corrected chi connectivity index (χ4v) is 3.32. The number of halogens is 1. The van der Waals surface area contributed by atoms with E-state index >= 15 is 0 Å². The van der Waals surface area contributed by atoms with Gasteiger partial charge in [0.25, 0.3) is 5.91 Å². The standard InChI is InChI=1S/C19H20FN3O2S/c1-3-23-9-8-16(21-23)11-22(2)19(24)18-10-14(13-26-18)12-25-17-6-4-15(20)5-7-17/h4-10,13H,3,11-12H2,1-2H3. The van der Waals surface area contributed by atoms with E-state index in [2.05, 4.69) is 5.10 Å². The SMILES string of the molecule is CCn1ccc(CN(C)C(=O)c2cc(COc3ccc(F)cc3)cs2)n1. The van der Waals surface area contributed by atoms with Crippen LogP contribution in [0.5, 0.6) is 5.75 Å². The van der Waals surface area contributed by atoms with Crippen LogP contribution < -0.4 is 4.74 Å². The van der Waals surface area contributed by atoms with Gasteiger partial charge in [0.1, 0.15) is 18.2 Å². The number of nitrogens with zero attached hydrogens (tertiary/aromatic N) is 3. The average molecular weight is 373 g/mol. The highest BCUT2D eigenvalue weighted by atomic mass is 32.1. The molecule has 2 aromatic heterocycles. The zero-order valence-corrected chi connectivity index (χ0v) is 15.5. The van der Waals surface area contributed by atoms with Crippen molar-refractivity contribution in [1.82, 2.24) is 14.7 Å². The van der Waals surface area contributed by atoms with Crippen molar-refractivity contribution >= 4 is 17.2 Å². The third-order valence-corrected chi connectivity index (χ3v) is 4.82. The van der Waals surface area contributed by atoms with Gasteiger partial charge >= 0.3 is 0 Å². The van der Waals surface area contributed by atoms with Gasteiger partial charge in [-0.05, 0) is 48.7 Å². The maximum Gasteiger partial charge on any atom is 0.264 e. The van der Waals surface area contributed by atoms with E-state index in [1.54, 1.807) is 24.1 Å². The van der Waals surface area contributed by atoms with Gasteiger partial charge in [0.15, 0.2) is 0 Å². The maximum absolute atomic E-state index is 12.9. The van der Waals surface area contributed by atoms with Gasteiger partial charge in [0, 0.05) is 25.4 Å².